The van der Waals surface area contributed by atoms with E-state index in [1.165, 1.54) is 6.07 Å². The fourth-order valence-electron chi connectivity index (χ4n) is 2.60. The highest BCUT2D eigenvalue weighted by Gasteiger charge is 2.82. The van der Waals surface area contributed by atoms with Crippen LogP contribution in [0.25, 0.3) is 11.1 Å². The van der Waals surface area contributed by atoms with Crippen molar-refractivity contribution in [1.82, 2.24) is 0 Å². The van der Waals surface area contributed by atoms with Crippen LogP contribution in [0.1, 0.15) is 11.1 Å². The van der Waals surface area contributed by atoms with E-state index in [-0.39, 0.29) is 0 Å². The molecule has 0 aliphatic heterocycles. The lowest BCUT2D eigenvalue weighted by Crippen LogP contribution is -2.60. The number of alkyl halides is 12. The summed E-state index contributed by atoms with van der Waals surface area (Å²) in [4.78, 5) is 0. The summed E-state index contributed by atoms with van der Waals surface area (Å²) in [5.74, 6) is -8.81. The Labute approximate surface area is 172 Å². The molecule has 0 nitrogen and oxygen atoms in total. The van der Waals surface area contributed by atoms with E-state index in [9.17, 15) is 52.7 Å². The van der Waals surface area contributed by atoms with Gasteiger partial charge in [-0.3, -0.25) is 0 Å². The monoisotopic (exact) mass is 535 g/mol. The van der Waals surface area contributed by atoms with E-state index in [0.29, 0.717) is 12.1 Å². The number of hydrogen-bond donors (Lipinski definition) is 0. The van der Waals surface area contributed by atoms with Gasteiger partial charge < -0.3 is 0 Å². The molecule has 171 valence electrons. The number of rotatable bonds is 3. The van der Waals surface area contributed by atoms with E-state index in [4.69, 9.17) is 0 Å². The first-order valence-corrected chi connectivity index (χ1v) is 8.34. The number of hydrogen-bond acceptors (Lipinski definition) is 0. The Morgan fingerprint density at radius 2 is 1.26 bits per heavy atom. The quantitative estimate of drug-likeness (QED) is 0.349. The molecule has 0 aliphatic carbocycles. The minimum absolute atomic E-state index is 0.513. The van der Waals surface area contributed by atoms with Gasteiger partial charge in [0, 0.05) is 27.2 Å². The molecule has 0 spiro atoms. The van der Waals surface area contributed by atoms with Gasteiger partial charge in [0.05, 0.1) is 5.56 Å². The molecular formula is C17H5BrF13. The van der Waals surface area contributed by atoms with E-state index in [2.05, 4.69) is 15.9 Å². The molecule has 0 saturated carbocycles. The predicted molar refractivity (Wildman–Crippen MR) is 83.2 cm³/mol. The van der Waals surface area contributed by atoms with Crippen LogP contribution in [0.5, 0.6) is 0 Å². The molecule has 0 heterocycles. The first-order chi connectivity index (χ1) is 13.8. The lowest BCUT2D eigenvalue weighted by atomic mass is 9.81. The van der Waals surface area contributed by atoms with Gasteiger partial charge in [0.25, 0.3) is 0 Å². The van der Waals surface area contributed by atoms with Gasteiger partial charge in [-0.05, 0) is 28.1 Å². The average molecular weight is 536 g/mol. The molecule has 2 rings (SSSR count). The molecule has 1 radical (unpaired) electrons. The summed E-state index contributed by atoms with van der Waals surface area (Å²) in [5, 5.41) is 0. The Kier molecular flexibility index (Phi) is 6.16. The first kappa shape index (κ1) is 25.3. The van der Waals surface area contributed by atoms with E-state index in [1.54, 1.807) is 0 Å². The summed E-state index contributed by atoms with van der Waals surface area (Å²) < 4.78 is 173. The fourth-order valence-corrected chi connectivity index (χ4v) is 3.24. The second kappa shape index (κ2) is 7.55. The van der Waals surface area contributed by atoms with Crippen molar-refractivity contribution in [2.45, 2.75) is 30.1 Å². The number of benzene rings is 2. The van der Waals surface area contributed by atoms with E-state index >= 15 is 4.39 Å². The number of halogens is 14. The Morgan fingerprint density at radius 3 is 1.68 bits per heavy atom. The second-order valence-corrected chi connectivity index (χ2v) is 6.78. The van der Waals surface area contributed by atoms with Crippen LogP contribution < -0.4 is 0 Å². The third-order valence-electron chi connectivity index (χ3n) is 4.02. The van der Waals surface area contributed by atoms with Crippen molar-refractivity contribution < 1.29 is 57.1 Å². The summed E-state index contributed by atoms with van der Waals surface area (Å²) in [6.07, 6.45) is -19.9. The fraction of sp³-hybridized carbons (Fsp3) is 0.294. The Bertz CT molecular complexity index is 971. The minimum Gasteiger partial charge on any atom is -0.221 e. The summed E-state index contributed by atoms with van der Waals surface area (Å²) in [7, 11) is 0. The van der Waals surface area contributed by atoms with Gasteiger partial charge in [-0.1, -0.05) is 18.2 Å². The van der Waals surface area contributed by atoms with Crippen molar-refractivity contribution in [3.63, 3.8) is 0 Å². The topological polar surface area (TPSA) is 0 Å². The maximum absolute atomic E-state index is 15.0. The van der Waals surface area contributed by atoms with E-state index in [0.717, 1.165) is 12.1 Å². The van der Waals surface area contributed by atoms with Gasteiger partial charge in [-0.2, -0.15) is 48.3 Å². The summed E-state index contributed by atoms with van der Waals surface area (Å²) in [6.45, 7) is 0. The SMILES string of the molecule is Fc1ccccc1-c1c(Br)[c]c(C(F)(F)F)cc1C(F)(C(F)(F)F)C(F)(F)C(F)(F)F. The van der Waals surface area contributed by atoms with Crippen LogP contribution in [0.2, 0.25) is 0 Å². The van der Waals surface area contributed by atoms with Crippen molar-refractivity contribution in [1.29, 1.82) is 0 Å². The van der Waals surface area contributed by atoms with Crippen LogP contribution in [0, 0.1) is 11.9 Å². The molecule has 2 aromatic carbocycles. The van der Waals surface area contributed by atoms with Crippen molar-refractivity contribution in [2.75, 3.05) is 0 Å². The smallest absolute Gasteiger partial charge is 0.221 e. The van der Waals surface area contributed by atoms with Crippen LogP contribution in [0.15, 0.2) is 34.8 Å². The molecule has 2 aromatic rings. The standard InChI is InChI=1S/C17H5BrF13/c18-10-6-7(14(21,22)23)5-9(12(10)8-3-1-2-4-11(8)19)13(20,16(26,27)28)15(24,25)17(29,30)31/h1-5H. The van der Waals surface area contributed by atoms with Gasteiger partial charge in [0.1, 0.15) is 5.82 Å². The normalized spacial score (nSPS) is 15.7. The second-order valence-electron chi connectivity index (χ2n) is 5.99. The van der Waals surface area contributed by atoms with Crippen LogP contribution in [-0.2, 0) is 11.8 Å². The zero-order valence-electron chi connectivity index (χ0n) is 14.2. The zero-order chi connectivity index (χ0) is 24.2. The molecule has 14 heteroatoms. The molecule has 0 N–H and O–H groups in total. The highest BCUT2D eigenvalue weighted by Crippen LogP contribution is 2.60. The average Bonchev–Trinajstić information content (AvgIpc) is 2.58. The zero-order valence-corrected chi connectivity index (χ0v) is 15.8. The van der Waals surface area contributed by atoms with Crippen molar-refractivity contribution in [3.8, 4) is 11.1 Å². The lowest BCUT2D eigenvalue weighted by molar-refractivity contribution is -0.389. The molecule has 1 atom stereocenters. The molecule has 0 aromatic heterocycles. The van der Waals surface area contributed by atoms with Gasteiger partial charge >= 0.3 is 30.1 Å². The summed E-state index contributed by atoms with van der Waals surface area (Å²) in [6, 6.07) is 3.32. The molecule has 0 bridgehead atoms. The Morgan fingerprint density at radius 1 is 0.742 bits per heavy atom. The van der Waals surface area contributed by atoms with Gasteiger partial charge in [0.15, 0.2) is 0 Å². The third kappa shape index (κ3) is 4.10. The largest absolute Gasteiger partial charge is 0.457 e. The van der Waals surface area contributed by atoms with Crippen LogP contribution in [-0.4, -0.2) is 18.3 Å². The van der Waals surface area contributed by atoms with Crippen LogP contribution in [0.4, 0.5) is 57.1 Å². The van der Waals surface area contributed by atoms with E-state index in [1.807, 2.05) is 0 Å². The maximum Gasteiger partial charge on any atom is 0.457 e. The van der Waals surface area contributed by atoms with Crippen LogP contribution in [0.3, 0.4) is 0 Å². The minimum atomic E-state index is -7.26. The highest BCUT2D eigenvalue weighted by atomic mass is 79.9. The Balaban J connectivity index is 3.14. The van der Waals surface area contributed by atoms with Gasteiger partial charge in [-0.15, -0.1) is 0 Å². The molecule has 0 amide bonds. The maximum atomic E-state index is 15.0. The van der Waals surface area contributed by atoms with Crippen molar-refractivity contribution in [3.05, 3.63) is 57.8 Å². The first-order valence-electron chi connectivity index (χ1n) is 7.55. The Hall–Kier alpha value is -1.99. The highest BCUT2D eigenvalue weighted by molar-refractivity contribution is 9.10. The van der Waals surface area contributed by atoms with Gasteiger partial charge in [0.2, 0.25) is 0 Å². The van der Waals surface area contributed by atoms with Crippen molar-refractivity contribution >= 4 is 15.9 Å². The predicted octanol–water partition coefficient (Wildman–Crippen LogP) is 8.00. The lowest BCUT2D eigenvalue weighted by Gasteiger charge is -2.37. The molecule has 0 fully saturated rings. The third-order valence-corrected chi connectivity index (χ3v) is 4.62. The van der Waals surface area contributed by atoms with Crippen LogP contribution >= 0.6 is 15.9 Å². The molecule has 1 unspecified atom stereocenters. The molecule has 0 saturated heterocycles. The van der Waals surface area contributed by atoms with Crippen molar-refractivity contribution in [2.24, 2.45) is 0 Å². The molecular weight excluding hydrogens is 531 g/mol. The summed E-state index contributed by atoms with van der Waals surface area (Å²) in [5.41, 5.74) is -14.7. The van der Waals surface area contributed by atoms with E-state index < -0.39 is 68.7 Å². The van der Waals surface area contributed by atoms with Gasteiger partial charge in [-0.25, -0.2) is 8.78 Å². The molecule has 0 aliphatic rings. The molecule has 31 heavy (non-hydrogen) atoms. The summed E-state index contributed by atoms with van der Waals surface area (Å²) >= 11 is 2.26.